The first kappa shape index (κ1) is 16.3. The van der Waals surface area contributed by atoms with Gasteiger partial charge in [-0.2, -0.15) is 0 Å². The fourth-order valence-corrected chi connectivity index (χ4v) is 2.96. The summed E-state index contributed by atoms with van der Waals surface area (Å²) in [6.45, 7) is 4.25. The molecular formula is C19H22N2O3. The molecule has 126 valence electrons. The van der Waals surface area contributed by atoms with Crippen molar-refractivity contribution in [2.75, 3.05) is 26.2 Å². The van der Waals surface area contributed by atoms with Gasteiger partial charge in [0.05, 0.1) is 0 Å². The Labute approximate surface area is 141 Å². The van der Waals surface area contributed by atoms with Crippen LogP contribution in [0.2, 0.25) is 0 Å². The first-order chi connectivity index (χ1) is 11.7. The van der Waals surface area contributed by atoms with Gasteiger partial charge < -0.3 is 14.5 Å². The van der Waals surface area contributed by atoms with Gasteiger partial charge in [-0.1, -0.05) is 37.3 Å². The molecular weight excluding hydrogens is 304 g/mol. The number of ether oxygens (including phenoxy) is 1. The minimum Gasteiger partial charge on any atom is -0.481 e. The summed E-state index contributed by atoms with van der Waals surface area (Å²) in [5.74, 6) is 0.705. The molecule has 24 heavy (non-hydrogen) atoms. The zero-order valence-corrected chi connectivity index (χ0v) is 13.9. The van der Waals surface area contributed by atoms with Crippen molar-refractivity contribution in [3.05, 3.63) is 42.5 Å². The number of piperazine rings is 1. The van der Waals surface area contributed by atoms with Crippen LogP contribution in [0.1, 0.15) is 13.3 Å². The third-order valence-corrected chi connectivity index (χ3v) is 4.42. The number of benzene rings is 2. The van der Waals surface area contributed by atoms with E-state index >= 15 is 0 Å². The number of hydrogen-bond acceptors (Lipinski definition) is 3. The maximum Gasteiger partial charge on any atom is 0.263 e. The molecule has 0 aromatic heterocycles. The molecule has 2 aromatic carbocycles. The molecule has 1 aliphatic rings. The van der Waals surface area contributed by atoms with Crippen molar-refractivity contribution in [2.45, 2.75) is 19.4 Å². The van der Waals surface area contributed by atoms with E-state index in [9.17, 15) is 9.59 Å². The van der Waals surface area contributed by atoms with Crippen LogP contribution >= 0.6 is 0 Å². The van der Waals surface area contributed by atoms with Gasteiger partial charge in [0.25, 0.3) is 5.91 Å². The molecule has 2 amide bonds. The van der Waals surface area contributed by atoms with Crippen molar-refractivity contribution in [3.8, 4) is 5.75 Å². The fourth-order valence-electron chi connectivity index (χ4n) is 2.96. The summed E-state index contributed by atoms with van der Waals surface area (Å²) in [5, 5.41) is 2.24. The summed E-state index contributed by atoms with van der Waals surface area (Å²) in [7, 11) is 0. The van der Waals surface area contributed by atoms with Crippen LogP contribution in [0.4, 0.5) is 0 Å². The minimum absolute atomic E-state index is 0.00351. The van der Waals surface area contributed by atoms with E-state index in [4.69, 9.17) is 4.74 Å². The molecule has 0 radical (unpaired) electrons. The molecule has 1 heterocycles. The Bertz CT molecular complexity index is 723. The van der Waals surface area contributed by atoms with E-state index in [1.54, 1.807) is 9.80 Å². The lowest BCUT2D eigenvalue weighted by atomic mass is 10.1. The smallest absolute Gasteiger partial charge is 0.263 e. The number of fused-ring (bicyclic) bond motifs is 1. The van der Waals surface area contributed by atoms with E-state index in [1.165, 1.54) is 0 Å². The predicted molar refractivity (Wildman–Crippen MR) is 92.9 cm³/mol. The van der Waals surface area contributed by atoms with E-state index in [2.05, 4.69) is 0 Å². The molecule has 0 N–H and O–H groups in total. The average Bonchev–Trinajstić information content (AvgIpc) is 2.65. The van der Waals surface area contributed by atoms with Crippen molar-refractivity contribution in [1.29, 1.82) is 0 Å². The van der Waals surface area contributed by atoms with Crippen LogP contribution in [-0.2, 0) is 9.59 Å². The van der Waals surface area contributed by atoms with Crippen LogP contribution in [0.3, 0.4) is 0 Å². The van der Waals surface area contributed by atoms with E-state index in [1.807, 2.05) is 49.4 Å². The number of hydrogen-bond donors (Lipinski definition) is 0. The van der Waals surface area contributed by atoms with Crippen LogP contribution in [0, 0.1) is 0 Å². The van der Waals surface area contributed by atoms with E-state index in [0.717, 1.165) is 17.2 Å². The molecule has 2 aromatic rings. The van der Waals surface area contributed by atoms with Gasteiger partial charge in [0, 0.05) is 26.2 Å². The summed E-state index contributed by atoms with van der Waals surface area (Å²) in [5.41, 5.74) is 0. The first-order valence-electron chi connectivity index (χ1n) is 8.35. The second-order valence-corrected chi connectivity index (χ2v) is 5.99. The van der Waals surface area contributed by atoms with Crippen molar-refractivity contribution in [1.82, 2.24) is 9.80 Å². The van der Waals surface area contributed by atoms with Gasteiger partial charge in [-0.05, 0) is 29.3 Å². The SMILES string of the molecule is CCC(Oc1ccc2ccccc2c1)C(=O)N1CCN(C=O)CC1. The van der Waals surface area contributed by atoms with Gasteiger partial charge in [0.15, 0.2) is 6.10 Å². The summed E-state index contributed by atoms with van der Waals surface area (Å²) in [4.78, 5) is 26.9. The lowest BCUT2D eigenvalue weighted by Gasteiger charge is -2.34. The van der Waals surface area contributed by atoms with Crippen LogP contribution in [0.5, 0.6) is 5.75 Å². The van der Waals surface area contributed by atoms with Crippen molar-refractivity contribution >= 4 is 23.1 Å². The Kier molecular flexibility index (Phi) is 4.99. The Morgan fingerprint density at radius 3 is 2.50 bits per heavy atom. The van der Waals surface area contributed by atoms with Crippen molar-refractivity contribution in [2.24, 2.45) is 0 Å². The molecule has 0 aliphatic carbocycles. The molecule has 0 bridgehead atoms. The summed E-state index contributed by atoms with van der Waals surface area (Å²) in [6, 6.07) is 13.9. The molecule has 1 aliphatic heterocycles. The van der Waals surface area contributed by atoms with E-state index in [0.29, 0.717) is 38.3 Å². The average molecular weight is 326 g/mol. The van der Waals surface area contributed by atoms with E-state index < -0.39 is 6.10 Å². The monoisotopic (exact) mass is 326 g/mol. The zero-order chi connectivity index (χ0) is 16.9. The largest absolute Gasteiger partial charge is 0.481 e. The minimum atomic E-state index is -0.492. The lowest BCUT2D eigenvalue weighted by molar-refractivity contribution is -0.142. The van der Waals surface area contributed by atoms with Crippen LogP contribution < -0.4 is 4.74 Å². The third kappa shape index (κ3) is 3.50. The highest BCUT2D eigenvalue weighted by Gasteiger charge is 2.27. The van der Waals surface area contributed by atoms with Crippen molar-refractivity contribution in [3.63, 3.8) is 0 Å². The third-order valence-electron chi connectivity index (χ3n) is 4.42. The van der Waals surface area contributed by atoms with Gasteiger partial charge in [0.2, 0.25) is 6.41 Å². The summed E-state index contributed by atoms with van der Waals surface area (Å²) in [6.07, 6.45) is 0.957. The number of carbonyl (C=O) groups is 2. The van der Waals surface area contributed by atoms with Crippen LogP contribution in [-0.4, -0.2) is 54.4 Å². The fraction of sp³-hybridized carbons (Fsp3) is 0.368. The molecule has 0 spiro atoms. The number of amides is 2. The standard InChI is InChI=1S/C19H22N2O3/c1-2-18(19(23)21-11-9-20(14-22)10-12-21)24-17-8-7-15-5-3-4-6-16(15)13-17/h3-8,13-14,18H,2,9-12H2,1H3. The molecule has 1 atom stereocenters. The lowest BCUT2D eigenvalue weighted by Crippen LogP contribution is -2.51. The van der Waals surface area contributed by atoms with Gasteiger partial charge in [-0.3, -0.25) is 9.59 Å². The Morgan fingerprint density at radius 1 is 1.12 bits per heavy atom. The summed E-state index contributed by atoms with van der Waals surface area (Å²) < 4.78 is 5.97. The molecule has 5 nitrogen and oxygen atoms in total. The van der Waals surface area contributed by atoms with Gasteiger partial charge in [-0.25, -0.2) is 0 Å². The highest BCUT2D eigenvalue weighted by atomic mass is 16.5. The Balaban J connectivity index is 1.69. The second-order valence-electron chi connectivity index (χ2n) is 5.99. The van der Waals surface area contributed by atoms with Crippen LogP contribution in [0.15, 0.2) is 42.5 Å². The normalized spacial score (nSPS) is 16.0. The van der Waals surface area contributed by atoms with E-state index in [-0.39, 0.29) is 5.91 Å². The molecule has 5 heteroatoms. The maximum absolute atomic E-state index is 12.7. The highest BCUT2D eigenvalue weighted by molar-refractivity contribution is 5.84. The molecule has 3 rings (SSSR count). The van der Waals surface area contributed by atoms with Gasteiger partial charge in [0.1, 0.15) is 5.75 Å². The predicted octanol–water partition coefficient (Wildman–Crippen LogP) is 2.30. The maximum atomic E-state index is 12.7. The molecule has 0 saturated carbocycles. The quantitative estimate of drug-likeness (QED) is 0.792. The number of carbonyl (C=O) groups excluding carboxylic acids is 2. The Morgan fingerprint density at radius 2 is 1.83 bits per heavy atom. The summed E-state index contributed by atoms with van der Waals surface area (Å²) >= 11 is 0. The zero-order valence-electron chi connectivity index (χ0n) is 13.9. The van der Waals surface area contributed by atoms with Crippen molar-refractivity contribution < 1.29 is 14.3 Å². The van der Waals surface area contributed by atoms with Crippen LogP contribution in [0.25, 0.3) is 10.8 Å². The van der Waals surface area contributed by atoms with Gasteiger partial charge in [-0.15, -0.1) is 0 Å². The number of nitrogens with zero attached hydrogens (tertiary/aromatic N) is 2. The second kappa shape index (κ2) is 7.34. The first-order valence-corrected chi connectivity index (χ1v) is 8.35. The molecule has 1 fully saturated rings. The molecule has 1 unspecified atom stereocenters. The topological polar surface area (TPSA) is 49.9 Å². The Hall–Kier alpha value is -2.56. The molecule has 1 saturated heterocycles. The highest BCUT2D eigenvalue weighted by Crippen LogP contribution is 2.22. The number of rotatable bonds is 5. The van der Waals surface area contributed by atoms with Gasteiger partial charge >= 0.3 is 0 Å².